The van der Waals surface area contributed by atoms with E-state index in [-0.39, 0.29) is 16.2 Å². The summed E-state index contributed by atoms with van der Waals surface area (Å²) in [6.07, 6.45) is 7.54. The van der Waals surface area contributed by atoms with Crippen molar-refractivity contribution in [2.45, 2.75) is 43.2 Å². The third-order valence-corrected chi connectivity index (χ3v) is 7.80. The summed E-state index contributed by atoms with van der Waals surface area (Å²) < 4.78 is 29.4. The van der Waals surface area contributed by atoms with Gasteiger partial charge < -0.3 is 4.57 Å². The van der Waals surface area contributed by atoms with Crippen LogP contribution in [-0.2, 0) is 17.1 Å². The highest BCUT2D eigenvalue weighted by Gasteiger charge is 2.54. The number of nitrogens with one attached hydrogen (secondary N) is 1. The summed E-state index contributed by atoms with van der Waals surface area (Å²) >= 11 is 6.03. The largest absolute Gasteiger partial charge is 0.324 e. The quantitative estimate of drug-likeness (QED) is 0.924. The van der Waals surface area contributed by atoms with Crippen LogP contribution in [0.15, 0.2) is 11.4 Å². The molecule has 0 aromatic carbocycles. The van der Waals surface area contributed by atoms with Gasteiger partial charge in [0.1, 0.15) is 5.15 Å². The lowest BCUT2D eigenvalue weighted by Gasteiger charge is -2.31. The highest BCUT2D eigenvalue weighted by molar-refractivity contribution is 7.89. The zero-order chi connectivity index (χ0) is 14.8. The molecule has 2 bridgehead atoms. The molecule has 1 N–H and O–H groups in total. The predicted octanol–water partition coefficient (Wildman–Crippen LogP) is 2.18. The van der Waals surface area contributed by atoms with Gasteiger partial charge in [0, 0.05) is 13.1 Å². The van der Waals surface area contributed by atoms with Gasteiger partial charge in [-0.05, 0) is 49.4 Å². The molecule has 3 aliphatic carbocycles. The highest BCUT2D eigenvalue weighted by atomic mass is 35.5. The monoisotopic (exact) mass is 329 g/mol. The molecule has 5 atom stereocenters. The number of rotatable bonds is 3. The summed E-state index contributed by atoms with van der Waals surface area (Å²) in [6.45, 7) is 0. The minimum atomic E-state index is -3.62. The van der Waals surface area contributed by atoms with Gasteiger partial charge in [0.2, 0.25) is 5.03 Å². The van der Waals surface area contributed by atoms with Gasteiger partial charge in [0.25, 0.3) is 10.0 Å². The Balaban J connectivity index is 1.56. The van der Waals surface area contributed by atoms with Crippen LogP contribution in [0.2, 0.25) is 5.15 Å². The normalized spacial score (nSPS) is 38.1. The number of aromatic nitrogens is 2. The van der Waals surface area contributed by atoms with Crippen molar-refractivity contribution in [1.82, 2.24) is 14.3 Å². The SMILES string of the molecule is Cn1cnc(S(=O)(=O)N[C@@H]2C[C@H]3C[C@H]2[C@H]2CCC[C@@H]32)c1Cl. The van der Waals surface area contributed by atoms with E-state index in [0.29, 0.717) is 5.92 Å². The van der Waals surface area contributed by atoms with E-state index < -0.39 is 10.0 Å². The van der Waals surface area contributed by atoms with E-state index in [1.165, 1.54) is 36.6 Å². The summed E-state index contributed by atoms with van der Waals surface area (Å²) in [5.41, 5.74) is 0. The van der Waals surface area contributed by atoms with Crippen molar-refractivity contribution in [3.63, 3.8) is 0 Å². The Morgan fingerprint density at radius 3 is 2.76 bits per heavy atom. The fourth-order valence-electron chi connectivity index (χ4n) is 5.03. The molecule has 3 aliphatic rings. The van der Waals surface area contributed by atoms with Crippen molar-refractivity contribution >= 4 is 21.6 Å². The minimum absolute atomic E-state index is 0.0441. The molecule has 116 valence electrons. The van der Waals surface area contributed by atoms with Gasteiger partial charge in [0.05, 0.1) is 6.33 Å². The fraction of sp³-hybridized carbons (Fsp3) is 0.786. The van der Waals surface area contributed by atoms with E-state index in [2.05, 4.69) is 9.71 Å². The average Bonchev–Trinajstić information content (AvgIpc) is 3.12. The minimum Gasteiger partial charge on any atom is -0.324 e. The summed E-state index contributed by atoms with van der Waals surface area (Å²) in [7, 11) is -1.93. The maximum atomic E-state index is 12.5. The molecular formula is C14H20ClN3O2S. The lowest BCUT2D eigenvalue weighted by Crippen LogP contribution is -2.42. The molecule has 3 saturated carbocycles. The van der Waals surface area contributed by atoms with Crippen molar-refractivity contribution in [2.24, 2.45) is 30.7 Å². The van der Waals surface area contributed by atoms with Gasteiger partial charge >= 0.3 is 0 Å². The number of hydrogen-bond donors (Lipinski definition) is 1. The molecule has 1 heterocycles. The molecule has 3 fully saturated rings. The lowest BCUT2D eigenvalue weighted by atomic mass is 9.79. The molecule has 7 heteroatoms. The van der Waals surface area contributed by atoms with Crippen LogP contribution >= 0.6 is 11.6 Å². The second kappa shape index (κ2) is 4.70. The van der Waals surface area contributed by atoms with Crippen LogP contribution in [0.5, 0.6) is 0 Å². The Bertz CT molecular complexity index is 672. The third-order valence-electron chi connectivity index (χ3n) is 5.82. The maximum absolute atomic E-state index is 12.5. The highest BCUT2D eigenvalue weighted by Crippen LogP contribution is 2.58. The topological polar surface area (TPSA) is 64.0 Å². The smallest absolute Gasteiger partial charge is 0.261 e. The number of fused-ring (bicyclic) bond motifs is 5. The first-order valence-electron chi connectivity index (χ1n) is 7.66. The molecule has 0 saturated heterocycles. The number of hydrogen-bond acceptors (Lipinski definition) is 3. The Kier molecular flexibility index (Phi) is 3.14. The van der Waals surface area contributed by atoms with E-state index in [1.54, 1.807) is 7.05 Å². The van der Waals surface area contributed by atoms with Crippen molar-refractivity contribution < 1.29 is 8.42 Å². The zero-order valence-electron chi connectivity index (χ0n) is 12.0. The summed E-state index contributed by atoms with van der Waals surface area (Å²) in [6, 6.07) is 0.0671. The van der Waals surface area contributed by atoms with Gasteiger partial charge in [-0.15, -0.1) is 0 Å². The molecule has 1 aromatic heterocycles. The standard InChI is InChI=1S/C14H20ClN3O2S/c1-18-7-16-14(13(18)15)21(19,20)17-12-6-8-5-11(12)10-4-2-3-9(8)10/h7-12,17H,2-6H2,1H3/t8-,9+,10+,11+,12-/m1/s1. The number of halogens is 1. The van der Waals surface area contributed by atoms with E-state index in [9.17, 15) is 8.42 Å². The van der Waals surface area contributed by atoms with E-state index >= 15 is 0 Å². The Morgan fingerprint density at radius 1 is 1.29 bits per heavy atom. The number of nitrogens with zero attached hydrogens (tertiary/aromatic N) is 2. The summed E-state index contributed by atoms with van der Waals surface area (Å²) in [5.74, 6) is 2.82. The first-order chi connectivity index (χ1) is 9.97. The summed E-state index contributed by atoms with van der Waals surface area (Å²) in [5, 5.41) is 0.127. The average molecular weight is 330 g/mol. The molecule has 1 aromatic rings. The van der Waals surface area contributed by atoms with Gasteiger partial charge in [-0.25, -0.2) is 18.1 Å². The Hall–Kier alpha value is -0.590. The maximum Gasteiger partial charge on any atom is 0.261 e. The molecule has 5 nitrogen and oxygen atoms in total. The third kappa shape index (κ3) is 2.06. The van der Waals surface area contributed by atoms with Crippen molar-refractivity contribution in [3.8, 4) is 0 Å². The van der Waals surface area contributed by atoms with Crippen LogP contribution in [0.25, 0.3) is 0 Å². The van der Waals surface area contributed by atoms with Gasteiger partial charge in [-0.3, -0.25) is 0 Å². The van der Waals surface area contributed by atoms with Crippen LogP contribution in [0, 0.1) is 23.7 Å². The molecule has 21 heavy (non-hydrogen) atoms. The molecule has 0 amide bonds. The molecule has 4 rings (SSSR count). The van der Waals surface area contributed by atoms with Crippen LogP contribution in [0.3, 0.4) is 0 Å². The molecule has 0 aliphatic heterocycles. The number of imidazole rings is 1. The van der Waals surface area contributed by atoms with Crippen LogP contribution < -0.4 is 4.72 Å². The number of aryl methyl sites for hydroxylation is 1. The molecular weight excluding hydrogens is 310 g/mol. The van der Waals surface area contributed by atoms with Crippen LogP contribution in [0.1, 0.15) is 32.1 Å². The zero-order valence-corrected chi connectivity index (χ0v) is 13.6. The van der Waals surface area contributed by atoms with Crippen molar-refractivity contribution in [3.05, 3.63) is 11.5 Å². The molecule has 0 unspecified atom stereocenters. The lowest BCUT2D eigenvalue weighted by molar-refractivity contribution is 0.224. The second-order valence-corrected chi connectivity index (χ2v) is 8.82. The van der Waals surface area contributed by atoms with Gasteiger partial charge in [-0.1, -0.05) is 18.0 Å². The van der Waals surface area contributed by atoms with E-state index in [4.69, 9.17) is 11.6 Å². The summed E-state index contributed by atoms with van der Waals surface area (Å²) in [4.78, 5) is 3.94. The van der Waals surface area contributed by atoms with Crippen molar-refractivity contribution in [2.75, 3.05) is 0 Å². The predicted molar refractivity (Wildman–Crippen MR) is 79.4 cm³/mol. The first-order valence-corrected chi connectivity index (χ1v) is 9.52. The van der Waals surface area contributed by atoms with Gasteiger partial charge in [-0.2, -0.15) is 0 Å². The van der Waals surface area contributed by atoms with Crippen LogP contribution in [-0.4, -0.2) is 24.0 Å². The Morgan fingerprint density at radius 2 is 2.05 bits per heavy atom. The van der Waals surface area contributed by atoms with E-state index in [1.807, 2.05) is 0 Å². The van der Waals surface area contributed by atoms with Crippen LogP contribution in [0.4, 0.5) is 0 Å². The Labute approximate surface area is 130 Å². The van der Waals surface area contributed by atoms with Crippen molar-refractivity contribution in [1.29, 1.82) is 0 Å². The molecule has 0 radical (unpaired) electrons. The second-order valence-electron chi connectivity index (χ2n) is 6.83. The van der Waals surface area contributed by atoms with Gasteiger partial charge in [0.15, 0.2) is 0 Å². The fourth-order valence-corrected chi connectivity index (χ4v) is 6.76. The first kappa shape index (κ1) is 14.0. The van der Waals surface area contributed by atoms with E-state index in [0.717, 1.165) is 24.2 Å². The number of sulfonamides is 1. The molecule has 0 spiro atoms.